The first-order valence-corrected chi connectivity index (χ1v) is 6.87. The Balaban J connectivity index is 2.42. The van der Waals surface area contributed by atoms with Crippen LogP contribution in [0.1, 0.15) is 5.56 Å². The van der Waals surface area contributed by atoms with E-state index in [0.717, 1.165) is 0 Å². The van der Waals surface area contributed by atoms with E-state index < -0.39 is 5.82 Å². The molecule has 0 unspecified atom stereocenters. The molecule has 0 saturated carbocycles. The zero-order valence-corrected chi connectivity index (χ0v) is 12.7. The molecule has 19 heavy (non-hydrogen) atoms. The summed E-state index contributed by atoms with van der Waals surface area (Å²) in [5.41, 5.74) is 6.28. The smallest absolute Gasteiger partial charge is 0.145 e. The fourth-order valence-corrected chi connectivity index (χ4v) is 2.50. The first-order chi connectivity index (χ1) is 9.02. The summed E-state index contributed by atoms with van der Waals surface area (Å²) in [7, 11) is 0. The molecule has 2 nitrogen and oxygen atoms in total. The van der Waals surface area contributed by atoms with Crippen LogP contribution < -0.4 is 10.5 Å². The minimum Gasteiger partial charge on any atom is -0.456 e. The van der Waals surface area contributed by atoms with E-state index in [4.69, 9.17) is 33.7 Å². The van der Waals surface area contributed by atoms with Crippen molar-refractivity contribution >= 4 is 39.1 Å². The highest BCUT2D eigenvalue weighted by Gasteiger charge is 2.12. The van der Waals surface area contributed by atoms with Crippen molar-refractivity contribution in [3.05, 3.63) is 56.2 Å². The van der Waals surface area contributed by atoms with Gasteiger partial charge in [-0.25, -0.2) is 4.39 Å². The Morgan fingerprint density at radius 1 is 1.16 bits per heavy atom. The summed E-state index contributed by atoms with van der Waals surface area (Å²) >= 11 is 15.0. The van der Waals surface area contributed by atoms with Crippen LogP contribution in [0.5, 0.6) is 11.5 Å². The molecule has 0 aliphatic heterocycles. The summed E-state index contributed by atoms with van der Waals surface area (Å²) in [5, 5.41) is 0.523. The number of hydrogen-bond donors (Lipinski definition) is 1. The van der Waals surface area contributed by atoms with Crippen molar-refractivity contribution in [3.63, 3.8) is 0 Å². The summed E-state index contributed by atoms with van der Waals surface area (Å²) in [6.45, 7) is 0.225. The molecule has 0 radical (unpaired) electrons. The molecule has 0 spiro atoms. The van der Waals surface area contributed by atoms with Gasteiger partial charge in [0.25, 0.3) is 0 Å². The number of halogens is 4. The highest BCUT2D eigenvalue weighted by atomic mass is 79.9. The second-order valence-electron chi connectivity index (χ2n) is 3.72. The molecular weight excluding hydrogens is 356 g/mol. The van der Waals surface area contributed by atoms with Crippen LogP contribution in [0.2, 0.25) is 10.0 Å². The Morgan fingerprint density at radius 3 is 2.58 bits per heavy atom. The largest absolute Gasteiger partial charge is 0.456 e. The number of rotatable bonds is 3. The van der Waals surface area contributed by atoms with Gasteiger partial charge in [0.2, 0.25) is 0 Å². The third kappa shape index (κ3) is 3.20. The Kier molecular flexibility index (Phi) is 4.68. The molecule has 2 aromatic carbocycles. The average molecular weight is 365 g/mol. The second-order valence-corrected chi connectivity index (χ2v) is 5.39. The van der Waals surface area contributed by atoms with Crippen molar-refractivity contribution in [2.24, 2.45) is 5.73 Å². The van der Waals surface area contributed by atoms with E-state index in [-0.39, 0.29) is 11.6 Å². The molecule has 2 aromatic rings. The van der Waals surface area contributed by atoms with Gasteiger partial charge in [-0.3, -0.25) is 0 Å². The molecule has 0 atom stereocenters. The number of ether oxygens (including phenoxy) is 1. The minimum absolute atomic E-state index is 0.0179. The Morgan fingerprint density at radius 2 is 1.89 bits per heavy atom. The summed E-state index contributed by atoms with van der Waals surface area (Å²) in [6.07, 6.45) is 0. The van der Waals surface area contributed by atoms with Crippen molar-refractivity contribution < 1.29 is 9.13 Å². The number of benzene rings is 2. The maximum Gasteiger partial charge on any atom is 0.145 e. The molecule has 2 rings (SSSR count). The van der Waals surface area contributed by atoms with Gasteiger partial charge in [0, 0.05) is 23.2 Å². The first kappa shape index (κ1) is 14.6. The average Bonchev–Trinajstić information content (AvgIpc) is 2.36. The van der Waals surface area contributed by atoms with Crippen LogP contribution >= 0.6 is 39.1 Å². The topological polar surface area (TPSA) is 35.2 Å². The third-order valence-corrected chi connectivity index (χ3v) is 3.74. The summed E-state index contributed by atoms with van der Waals surface area (Å²) in [5.74, 6) is 0.229. The summed E-state index contributed by atoms with van der Waals surface area (Å²) in [6, 6.07) is 7.80. The van der Waals surface area contributed by atoms with Crippen LogP contribution in [0, 0.1) is 5.82 Å². The van der Waals surface area contributed by atoms with Gasteiger partial charge in [0.1, 0.15) is 17.3 Å². The molecule has 0 heterocycles. The monoisotopic (exact) mass is 363 g/mol. The highest BCUT2D eigenvalue weighted by molar-refractivity contribution is 9.10. The van der Waals surface area contributed by atoms with Crippen molar-refractivity contribution in [2.75, 3.05) is 0 Å². The quantitative estimate of drug-likeness (QED) is 0.764. The Bertz CT molecular complexity index is 622. The van der Waals surface area contributed by atoms with Gasteiger partial charge in [0.05, 0.1) is 9.50 Å². The van der Waals surface area contributed by atoms with E-state index in [9.17, 15) is 4.39 Å². The van der Waals surface area contributed by atoms with Crippen LogP contribution in [-0.4, -0.2) is 0 Å². The van der Waals surface area contributed by atoms with Gasteiger partial charge in [-0.05, 0) is 34.1 Å². The standard InChI is InChI=1S/C13H9BrCl2FNO/c14-8-4-10(16)11(17)5-13(8)19-12-3-1-2-9(15)7(12)6-18/h1-5H,6,18H2. The SMILES string of the molecule is NCc1c(Cl)cccc1Oc1cc(F)c(Cl)cc1Br. The minimum atomic E-state index is -0.559. The lowest BCUT2D eigenvalue weighted by Crippen LogP contribution is -2.00. The van der Waals surface area contributed by atoms with Crippen molar-refractivity contribution in [3.8, 4) is 11.5 Å². The van der Waals surface area contributed by atoms with E-state index in [0.29, 0.717) is 26.6 Å². The van der Waals surface area contributed by atoms with Gasteiger partial charge < -0.3 is 10.5 Å². The maximum absolute atomic E-state index is 13.4. The molecule has 0 fully saturated rings. The normalized spacial score (nSPS) is 10.6. The molecule has 0 aliphatic rings. The summed E-state index contributed by atoms with van der Waals surface area (Å²) < 4.78 is 19.6. The summed E-state index contributed by atoms with van der Waals surface area (Å²) in [4.78, 5) is 0. The molecule has 0 aromatic heterocycles. The van der Waals surface area contributed by atoms with Crippen LogP contribution in [0.15, 0.2) is 34.8 Å². The highest BCUT2D eigenvalue weighted by Crippen LogP contribution is 2.36. The molecule has 0 bridgehead atoms. The maximum atomic E-state index is 13.4. The zero-order chi connectivity index (χ0) is 14.0. The molecule has 100 valence electrons. The van der Waals surface area contributed by atoms with Gasteiger partial charge in [0.15, 0.2) is 0 Å². The lowest BCUT2D eigenvalue weighted by atomic mass is 10.2. The van der Waals surface area contributed by atoms with Crippen LogP contribution in [0.25, 0.3) is 0 Å². The van der Waals surface area contributed by atoms with Crippen molar-refractivity contribution in [2.45, 2.75) is 6.54 Å². The molecule has 6 heteroatoms. The molecular formula is C13H9BrCl2FNO. The molecule has 0 aliphatic carbocycles. The lowest BCUT2D eigenvalue weighted by Gasteiger charge is -2.13. The predicted octanol–water partition coefficient (Wildman–Crippen LogP) is 5.15. The van der Waals surface area contributed by atoms with E-state index in [1.165, 1.54) is 12.1 Å². The van der Waals surface area contributed by atoms with Crippen LogP contribution in [-0.2, 0) is 6.54 Å². The fourth-order valence-electron chi connectivity index (χ4n) is 1.53. The molecule has 2 N–H and O–H groups in total. The van der Waals surface area contributed by atoms with Crippen LogP contribution in [0.3, 0.4) is 0 Å². The van der Waals surface area contributed by atoms with E-state index >= 15 is 0 Å². The van der Waals surface area contributed by atoms with Crippen molar-refractivity contribution in [1.29, 1.82) is 0 Å². The second kappa shape index (κ2) is 6.09. The van der Waals surface area contributed by atoms with Crippen molar-refractivity contribution in [1.82, 2.24) is 0 Å². The lowest BCUT2D eigenvalue weighted by molar-refractivity contribution is 0.468. The number of nitrogens with two attached hydrogens (primary N) is 1. The fraction of sp³-hybridized carbons (Fsp3) is 0.0769. The zero-order valence-electron chi connectivity index (χ0n) is 9.59. The van der Waals surface area contributed by atoms with Crippen LogP contribution in [0.4, 0.5) is 4.39 Å². The van der Waals surface area contributed by atoms with Gasteiger partial charge in [-0.2, -0.15) is 0 Å². The Hall–Kier alpha value is -0.810. The van der Waals surface area contributed by atoms with E-state index in [2.05, 4.69) is 15.9 Å². The van der Waals surface area contributed by atoms with Gasteiger partial charge in [-0.1, -0.05) is 29.3 Å². The van der Waals surface area contributed by atoms with E-state index in [1.807, 2.05) is 0 Å². The molecule has 0 saturated heterocycles. The predicted molar refractivity (Wildman–Crippen MR) is 78.5 cm³/mol. The molecule has 0 amide bonds. The number of hydrogen-bond acceptors (Lipinski definition) is 2. The first-order valence-electron chi connectivity index (χ1n) is 5.32. The van der Waals surface area contributed by atoms with E-state index in [1.54, 1.807) is 18.2 Å². The van der Waals surface area contributed by atoms with Gasteiger partial charge >= 0.3 is 0 Å². The van der Waals surface area contributed by atoms with Gasteiger partial charge in [-0.15, -0.1) is 0 Å². The third-order valence-electron chi connectivity index (χ3n) is 2.47. The Labute approximate surface area is 128 Å².